The highest BCUT2D eigenvalue weighted by molar-refractivity contribution is 7.91. The van der Waals surface area contributed by atoms with Gasteiger partial charge < -0.3 is 14.2 Å². The third kappa shape index (κ3) is 2.80. The number of hydrogen-bond acceptors (Lipinski definition) is 3. The zero-order chi connectivity index (χ0) is 16.6. The minimum absolute atomic E-state index is 0.169. The number of nitrogens with zero attached hydrogens (tertiary/aromatic N) is 1. The van der Waals surface area contributed by atoms with E-state index in [1.165, 1.54) is 0 Å². The van der Waals surface area contributed by atoms with Crippen molar-refractivity contribution in [2.45, 2.75) is 30.7 Å². The topological polar surface area (TPSA) is 82.4 Å². The van der Waals surface area contributed by atoms with E-state index in [2.05, 4.69) is 0 Å². The van der Waals surface area contributed by atoms with Crippen LogP contribution in [-0.2, 0) is 22.5 Å². The lowest BCUT2D eigenvalue weighted by Crippen LogP contribution is -2.11. The lowest BCUT2D eigenvalue weighted by atomic mass is 10.1. The van der Waals surface area contributed by atoms with Gasteiger partial charge in [0, 0.05) is 23.9 Å². The van der Waals surface area contributed by atoms with Crippen LogP contribution in [0.1, 0.15) is 41.0 Å². The molecule has 0 saturated carbocycles. The molecule has 0 saturated heterocycles. The monoisotopic (exact) mass is 331 g/mol. The van der Waals surface area contributed by atoms with Crippen molar-refractivity contribution in [1.29, 1.82) is 0 Å². The number of aliphatic carboxylic acids is 1. The Morgan fingerprint density at radius 1 is 1.35 bits per heavy atom. The first-order chi connectivity index (χ1) is 11.0. The molecule has 1 aromatic heterocycles. The highest BCUT2D eigenvalue weighted by Gasteiger charge is 2.31. The van der Waals surface area contributed by atoms with Crippen LogP contribution in [0.2, 0.25) is 0 Å². The van der Waals surface area contributed by atoms with E-state index in [0.29, 0.717) is 40.6 Å². The molecular formula is C17H17NO4S. The summed E-state index contributed by atoms with van der Waals surface area (Å²) in [6.07, 6.45) is 0.506. The van der Waals surface area contributed by atoms with Crippen molar-refractivity contribution in [3.8, 4) is 0 Å². The van der Waals surface area contributed by atoms with Gasteiger partial charge in [0.1, 0.15) is 5.75 Å². The summed E-state index contributed by atoms with van der Waals surface area (Å²) in [5.41, 5.74) is 1.64. The standard InChI is InChI=1S/C17H17NO4S/c1-2-23(22)12-5-3-4-11(10-12)16(19)15-7-6-14-13(17(20)21)8-9-18(14)15/h3-7,10,13H,2,8-9H2,1H3,(H,20,21). The van der Waals surface area contributed by atoms with Crippen LogP contribution in [0.5, 0.6) is 0 Å². The quantitative estimate of drug-likeness (QED) is 0.674. The molecule has 5 nitrogen and oxygen atoms in total. The van der Waals surface area contributed by atoms with Gasteiger partial charge in [-0.05, 0) is 42.7 Å². The molecule has 2 heterocycles. The van der Waals surface area contributed by atoms with E-state index in [0.717, 1.165) is 0 Å². The van der Waals surface area contributed by atoms with Crippen LogP contribution in [0.3, 0.4) is 0 Å². The molecule has 3 rings (SSSR count). The maximum atomic E-state index is 12.7. The number of benzene rings is 1. The van der Waals surface area contributed by atoms with Crippen LogP contribution in [0.25, 0.3) is 0 Å². The Morgan fingerprint density at radius 2 is 2.13 bits per heavy atom. The van der Waals surface area contributed by atoms with Crippen molar-refractivity contribution in [2.75, 3.05) is 5.75 Å². The molecule has 2 aromatic rings. The first-order valence-corrected chi connectivity index (χ1v) is 8.80. The van der Waals surface area contributed by atoms with Crippen molar-refractivity contribution >= 4 is 22.9 Å². The Hall–Kier alpha value is -2.05. The molecule has 2 atom stereocenters. The second-order valence-corrected chi connectivity index (χ2v) is 7.21. The normalized spacial score (nSPS) is 17.7. The SMILES string of the molecule is CC[S+]([O-])c1cccc(C(=O)c2ccc3n2CCC3C(=O)O)c1. The Morgan fingerprint density at radius 3 is 2.83 bits per heavy atom. The molecule has 0 bridgehead atoms. The zero-order valence-corrected chi connectivity index (χ0v) is 13.5. The van der Waals surface area contributed by atoms with E-state index in [-0.39, 0.29) is 5.78 Å². The lowest BCUT2D eigenvalue weighted by Gasteiger charge is -2.09. The average molecular weight is 331 g/mol. The molecule has 1 N–H and O–H groups in total. The molecule has 0 radical (unpaired) electrons. The van der Waals surface area contributed by atoms with E-state index in [1.807, 2.05) is 6.92 Å². The van der Waals surface area contributed by atoms with Gasteiger partial charge in [0.15, 0.2) is 4.90 Å². The highest BCUT2D eigenvalue weighted by atomic mass is 32.2. The fourth-order valence-corrected chi connectivity index (χ4v) is 3.81. The van der Waals surface area contributed by atoms with Crippen molar-refractivity contribution in [3.63, 3.8) is 0 Å². The first kappa shape index (κ1) is 15.8. The van der Waals surface area contributed by atoms with Crippen LogP contribution in [-0.4, -0.2) is 31.7 Å². The van der Waals surface area contributed by atoms with Gasteiger partial charge in [0.2, 0.25) is 5.78 Å². The Kier molecular flexibility index (Phi) is 4.28. The number of ketones is 1. The van der Waals surface area contributed by atoms with Gasteiger partial charge in [-0.25, -0.2) is 0 Å². The molecular weight excluding hydrogens is 314 g/mol. The highest BCUT2D eigenvalue weighted by Crippen LogP contribution is 2.31. The molecule has 0 aliphatic carbocycles. The molecule has 23 heavy (non-hydrogen) atoms. The van der Waals surface area contributed by atoms with E-state index >= 15 is 0 Å². The maximum absolute atomic E-state index is 12.7. The van der Waals surface area contributed by atoms with Crippen molar-refractivity contribution in [2.24, 2.45) is 0 Å². The van der Waals surface area contributed by atoms with Crippen molar-refractivity contribution in [3.05, 3.63) is 53.3 Å². The molecule has 2 unspecified atom stereocenters. The number of carboxylic acids is 1. The van der Waals surface area contributed by atoms with Crippen LogP contribution in [0.15, 0.2) is 41.3 Å². The summed E-state index contributed by atoms with van der Waals surface area (Å²) >= 11 is -1.11. The number of carbonyl (C=O) groups is 2. The number of carboxylic acid groups (broad SMARTS) is 1. The minimum Gasteiger partial charge on any atom is -0.611 e. The minimum atomic E-state index is -1.11. The van der Waals surface area contributed by atoms with Gasteiger partial charge in [-0.3, -0.25) is 9.59 Å². The van der Waals surface area contributed by atoms with Crippen molar-refractivity contribution in [1.82, 2.24) is 4.57 Å². The summed E-state index contributed by atoms with van der Waals surface area (Å²) in [6.45, 7) is 2.36. The molecule has 0 spiro atoms. The fraction of sp³-hybridized carbons (Fsp3) is 0.294. The van der Waals surface area contributed by atoms with Gasteiger partial charge >= 0.3 is 5.97 Å². The van der Waals surface area contributed by atoms with Crippen LogP contribution >= 0.6 is 0 Å². The fourth-order valence-electron chi connectivity index (χ4n) is 2.98. The summed E-state index contributed by atoms with van der Waals surface area (Å²) in [5, 5.41) is 9.22. The second-order valence-electron chi connectivity index (χ2n) is 5.47. The van der Waals surface area contributed by atoms with E-state index in [9.17, 15) is 19.2 Å². The molecule has 6 heteroatoms. The molecule has 0 amide bonds. The molecule has 1 aromatic carbocycles. The largest absolute Gasteiger partial charge is 0.611 e. The van der Waals surface area contributed by atoms with Gasteiger partial charge in [0.25, 0.3) is 0 Å². The lowest BCUT2D eigenvalue weighted by molar-refractivity contribution is -0.138. The van der Waals surface area contributed by atoms with Gasteiger partial charge in [-0.15, -0.1) is 0 Å². The second kappa shape index (κ2) is 6.22. The Balaban J connectivity index is 1.94. The van der Waals surface area contributed by atoms with Gasteiger partial charge in [0.05, 0.1) is 11.6 Å². The average Bonchev–Trinajstić information content (AvgIpc) is 3.15. The van der Waals surface area contributed by atoms with E-state index in [4.69, 9.17) is 0 Å². The Labute approximate surface area is 137 Å². The summed E-state index contributed by atoms with van der Waals surface area (Å²) in [5.74, 6) is -1.08. The third-order valence-corrected chi connectivity index (χ3v) is 5.47. The summed E-state index contributed by atoms with van der Waals surface area (Å²) in [6, 6.07) is 10.2. The predicted molar refractivity (Wildman–Crippen MR) is 86.2 cm³/mol. The number of carbonyl (C=O) groups excluding carboxylic acids is 1. The summed E-state index contributed by atoms with van der Waals surface area (Å²) in [7, 11) is 0. The maximum Gasteiger partial charge on any atom is 0.312 e. The Bertz CT molecular complexity index is 768. The number of hydrogen-bond donors (Lipinski definition) is 1. The summed E-state index contributed by atoms with van der Waals surface area (Å²) in [4.78, 5) is 24.6. The summed E-state index contributed by atoms with van der Waals surface area (Å²) < 4.78 is 13.7. The zero-order valence-electron chi connectivity index (χ0n) is 12.7. The molecule has 1 aliphatic rings. The van der Waals surface area contributed by atoms with E-state index < -0.39 is 23.1 Å². The number of rotatable bonds is 5. The number of aromatic nitrogens is 1. The van der Waals surface area contributed by atoms with Gasteiger partial charge in [-0.2, -0.15) is 0 Å². The van der Waals surface area contributed by atoms with Gasteiger partial charge in [-0.1, -0.05) is 12.1 Å². The van der Waals surface area contributed by atoms with E-state index in [1.54, 1.807) is 41.0 Å². The molecule has 1 aliphatic heterocycles. The first-order valence-electron chi connectivity index (χ1n) is 7.48. The molecule has 0 fully saturated rings. The van der Waals surface area contributed by atoms with Crippen LogP contribution in [0, 0.1) is 0 Å². The molecule has 120 valence electrons. The number of fused-ring (bicyclic) bond motifs is 1. The van der Waals surface area contributed by atoms with Crippen molar-refractivity contribution < 1.29 is 19.2 Å². The van der Waals surface area contributed by atoms with Crippen LogP contribution in [0.4, 0.5) is 0 Å². The smallest absolute Gasteiger partial charge is 0.312 e. The predicted octanol–water partition coefficient (Wildman–Crippen LogP) is 2.42. The third-order valence-electron chi connectivity index (χ3n) is 4.16. The van der Waals surface area contributed by atoms with Crippen LogP contribution < -0.4 is 0 Å².